The van der Waals surface area contributed by atoms with Gasteiger partial charge in [-0.25, -0.2) is 9.97 Å². The first-order valence-corrected chi connectivity index (χ1v) is 10.3. The molecule has 0 aliphatic heterocycles. The summed E-state index contributed by atoms with van der Waals surface area (Å²) in [5.74, 6) is 3.14. The Balaban J connectivity index is 1.54. The van der Waals surface area contributed by atoms with E-state index in [9.17, 15) is 0 Å². The number of nitrogens with zero attached hydrogens (tertiary/aromatic N) is 2. The topological polar surface area (TPSA) is 56.3 Å². The number of hydrogen-bond donors (Lipinski definition) is 1. The van der Waals surface area contributed by atoms with E-state index in [1.807, 2.05) is 25.1 Å². The van der Waals surface area contributed by atoms with Crippen LogP contribution in [0.25, 0.3) is 20.7 Å². The zero-order valence-electron chi connectivity index (χ0n) is 16.7. The first-order valence-electron chi connectivity index (χ1n) is 9.46. The van der Waals surface area contributed by atoms with Gasteiger partial charge in [0.2, 0.25) is 0 Å². The summed E-state index contributed by atoms with van der Waals surface area (Å²) in [7, 11) is 3.30. The van der Waals surface area contributed by atoms with E-state index >= 15 is 0 Å². The van der Waals surface area contributed by atoms with Crippen molar-refractivity contribution in [3.05, 3.63) is 66.0 Å². The fraction of sp³-hybridized carbons (Fsp3) is 0.217. The number of aryl methyl sites for hydroxylation is 1. The third-order valence-corrected chi connectivity index (χ3v) is 5.79. The maximum absolute atomic E-state index is 5.40. The summed E-state index contributed by atoms with van der Waals surface area (Å²) in [6.07, 6.45) is 0.848. The van der Waals surface area contributed by atoms with Crippen molar-refractivity contribution < 1.29 is 9.47 Å². The molecule has 5 nitrogen and oxygen atoms in total. The van der Waals surface area contributed by atoms with Gasteiger partial charge >= 0.3 is 0 Å². The molecule has 0 saturated heterocycles. The second-order valence-electron chi connectivity index (χ2n) is 6.68. The normalized spacial score (nSPS) is 10.9. The number of benzene rings is 2. The van der Waals surface area contributed by atoms with Crippen LogP contribution in [0.5, 0.6) is 11.5 Å². The minimum absolute atomic E-state index is 0.740. The van der Waals surface area contributed by atoms with Crippen LogP contribution in [0.4, 0.5) is 5.82 Å². The van der Waals surface area contributed by atoms with Crippen LogP contribution < -0.4 is 14.8 Å². The lowest BCUT2D eigenvalue weighted by Crippen LogP contribution is -2.08. The van der Waals surface area contributed by atoms with Gasteiger partial charge in [-0.1, -0.05) is 36.4 Å². The molecule has 0 saturated carbocycles. The Hall–Kier alpha value is -3.12. The number of methoxy groups -OCH3 is 2. The van der Waals surface area contributed by atoms with E-state index in [4.69, 9.17) is 9.47 Å². The van der Waals surface area contributed by atoms with E-state index in [0.717, 1.165) is 46.3 Å². The quantitative estimate of drug-likeness (QED) is 0.450. The highest BCUT2D eigenvalue weighted by Gasteiger charge is 2.12. The summed E-state index contributed by atoms with van der Waals surface area (Å²) in [5, 5.41) is 4.55. The molecule has 6 heteroatoms. The van der Waals surface area contributed by atoms with E-state index in [-0.39, 0.29) is 0 Å². The van der Waals surface area contributed by atoms with Gasteiger partial charge in [-0.05, 0) is 42.7 Å². The number of rotatable bonds is 7. The molecule has 29 heavy (non-hydrogen) atoms. The van der Waals surface area contributed by atoms with Crippen molar-refractivity contribution in [1.82, 2.24) is 9.97 Å². The number of hydrogen-bond acceptors (Lipinski definition) is 6. The molecule has 4 aromatic rings. The molecule has 0 aliphatic carbocycles. The smallest absolute Gasteiger partial charge is 0.160 e. The monoisotopic (exact) mass is 405 g/mol. The van der Waals surface area contributed by atoms with Crippen molar-refractivity contribution in [2.75, 3.05) is 26.1 Å². The number of aromatic nitrogens is 2. The highest BCUT2D eigenvalue weighted by atomic mass is 32.1. The predicted octanol–water partition coefficient (Wildman–Crippen LogP) is 5.34. The van der Waals surface area contributed by atoms with Crippen molar-refractivity contribution in [3.8, 4) is 21.9 Å². The van der Waals surface area contributed by atoms with Gasteiger partial charge in [0.1, 0.15) is 16.5 Å². The Bertz CT molecular complexity index is 1130. The number of thiophene rings is 1. The molecule has 2 heterocycles. The lowest BCUT2D eigenvalue weighted by molar-refractivity contribution is 0.354. The number of fused-ring (bicyclic) bond motifs is 1. The minimum Gasteiger partial charge on any atom is -0.493 e. The fourth-order valence-corrected chi connectivity index (χ4v) is 4.35. The number of nitrogens with one attached hydrogen (secondary N) is 1. The molecule has 0 spiro atoms. The average Bonchev–Trinajstić information content (AvgIpc) is 3.18. The molecule has 0 unspecified atom stereocenters. The van der Waals surface area contributed by atoms with E-state index < -0.39 is 0 Å². The molecule has 4 rings (SSSR count). The van der Waals surface area contributed by atoms with Crippen molar-refractivity contribution in [2.45, 2.75) is 13.3 Å². The maximum atomic E-state index is 5.40. The van der Waals surface area contributed by atoms with Gasteiger partial charge in [0.15, 0.2) is 11.5 Å². The van der Waals surface area contributed by atoms with Crippen LogP contribution in [0, 0.1) is 6.92 Å². The fourth-order valence-electron chi connectivity index (χ4n) is 3.27. The van der Waals surface area contributed by atoms with E-state index in [0.29, 0.717) is 0 Å². The zero-order valence-corrected chi connectivity index (χ0v) is 17.5. The summed E-state index contributed by atoms with van der Waals surface area (Å²) in [5.41, 5.74) is 2.37. The van der Waals surface area contributed by atoms with Gasteiger partial charge in [0.25, 0.3) is 0 Å². The largest absolute Gasteiger partial charge is 0.493 e. The predicted molar refractivity (Wildman–Crippen MR) is 119 cm³/mol. The summed E-state index contributed by atoms with van der Waals surface area (Å²) in [6, 6.07) is 18.6. The van der Waals surface area contributed by atoms with Crippen LogP contribution in [0.1, 0.15) is 11.4 Å². The van der Waals surface area contributed by atoms with Crippen LogP contribution in [0.2, 0.25) is 0 Å². The van der Waals surface area contributed by atoms with Gasteiger partial charge in [-0.3, -0.25) is 0 Å². The van der Waals surface area contributed by atoms with Crippen LogP contribution in [0.3, 0.4) is 0 Å². The Morgan fingerprint density at radius 3 is 2.48 bits per heavy atom. The third kappa shape index (κ3) is 4.17. The summed E-state index contributed by atoms with van der Waals surface area (Å²) in [6.45, 7) is 2.69. The van der Waals surface area contributed by atoms with Crippen LogP contribution in [-0.2, 0) is 6.42 Å². The highest BCUT2D eigenvalue weighted by Crippen LogP contribution is 2.35. The van der Waals surface area contributed by atoms with E-state index in [1.54, 1.807) is 25.6 Å². The molecule has 0 amide bonds. The van der Waals surface area contributed by atoms with Crippen molar-refractivity contribution in [1.29, 1.82) is 0 Å². The number of ether oxygens (including phenoxy) is 2. The first-order chi connectivity index (χ1) is 14.2. The Labute approximate surface area is 174 Å². The van der Waals surface area contributed by atoms with Gasteiger partial charge in [-0.2, -0.15) is 0 Å². The summed E-state index contributed by atoms with van der Waals surface area (Å²) >= 11 is 1.70. The third-order valence-electron chi connectivity index (χ3n) is 4.72. The van der Waals surface area contributed by atoms with Crippen molar-refractivity contribution in [3.63, 3.8) is 0 Å². The molecule has 1 N–H and O–H groups in total. The second kappa shape index (κ2) is 8.49. The molecule has 0 aliphatic rings. The maximum Gasteiger partial charge on any atom is 0.160 e. The lowest BCUT2D eigenvalue weighted by atomic mass is 10.1. The summed E-state index contributed by atoms with van der Waals surface area (Å²) < 4.78 is 10.7. The van der Waals surface area contributed by atoms with Crippen molar-refractivity contribution in [2.24, 2.45) is 0 Å². The molecule has 2 aromatic carbocycles. The van der Waals surface area contributed by atoms with Crippen LogP contribution in [0.15, 0.2) is 54.6 Å². The molecule has 0 radical (unpaired) electrons. The molecule has 0 fully saturated rings. The van der Waals surface area contributed by atoms with Gasteiger partial charge in [0, 0.05) is 11.4 Å². The Morgan fingerprint density at radius 2 is 1.72 bits per heavy atom. The molecule has 0 bridgehead atoms. The van der Waals surface area contributed by atoms with Gasteiger partial charge in [-0.15, -0.1) is 11.3 Å². The second-order valence-corrected chi connectivity index (χ2v) is 7.71. The van der Waals surface area contributed by atoms with E-state index in [2.05, 4.69) is 51.7 Å². The van der Waals surface area contributed by atoms with Gasteiger partial charge in [0.05, 0.1) is 19.6 Å². The van der Waals surface area contributed by atoms with Crippen LogP contribution in [-0.4, -0.2) is 30.7 Å². The highest BCUT2D eigenvalue weighted by molar-refractivity contribution is 7.21. The van der Waals surface area contributed by atoms with Gasteiger partial charge < -0.3 is 14.8 Å². The first kappa shape index (κ1) is 19.2. The van der Waals surface area contributed by atoms with Crippen LogP contribution >= 0.6 is 11.3 Å². The molecule has 0 atom stereocenters. The minimum atomic E-state index is 0.740. The lowest BCUT2D eigenvalue weighted by Gasteiger charge is -2.11. The van der Waals surface area contributed by atoms with Crippen molar-refractivity contribution >= 4 is 27.4 Å². The molecule has 148 valence electrons. The number of anilines is 1. The standard InChI is InChI=1S/C23H23N3O2S/c1-15-25-22(24-12-11-16-9-10-19(27-2)20(13-16)28-3)18-14-21(29-23(18)26-15)17-7-5-4-6-8-17/h4-10,13-14H,11-12H2,1-3H3,(H,24,25,26). The molecular weight excluding hydrogens is 382 g/mol. The SMILES string of the molecule is COc1ccc(CCNc2nc(C)nc3sc(-c4ccccc4)cc23)cc1OC. The average molecular weight is 406 g/mol. The Kier molecular flexibility index (Phi) is 5.62. The molecular formula is C23H23N3O2S. The molecule has 2 aromatic heterocycles. The van der Waals surface area contributed by atoms with E-state index in [1.165, 1.54) is 16.0 Å². The Morgan fingerprint density at radius 1 is 0.931 bits per heavy atom. The summed E-state index contributed by atoms with van der Waals surface area (Å²) in [4.78, 5) is 11.5. The zero-order chi connectivity index (χ0) is 20.2.